The molecule has 0 radical (unpaired) electrons. The average Bonchev–Trinajstić information content (AvgIpc) is 2.94. The molecule has 0 aliphatic rings. The number of anilines is 1. The van der Waals surface area contributed by atoms with Gasteiger partial charge in [-0.25, -0.2) is 0 Å². The number of carbonyl (C=O) groups excluding carboxylic acids is 1. The highest BCUT2D eigenvalue weighted by Crippen LogP contribution is 2.25. The largest absolute Gasteiger partial charge is 0.351 e. The van der Waals surface area contributed by atoms with Gasteiger partial charge in [-0.1, -0.05) is 30.3 Å². The highest BCUT2D eigenvalue weighted by Gasteiger charge is 2.19. The van der Waals surface area contributed by atoms with E-state index in [4.69, 9.17) is 0 Å². The molecule has 0 amide bonds. The normalized spacial score (nSPS) is 12.3. The Balaban J connectivity index is 2.08. The molecule has 118 valence electrons. The third-order valence-electron chi connectivity index (χ3n) is 4.12. The lowest BCUT2D eigenvalue weighted by atomic mass is 10.1. The Bertz CT molecular complexity index is 856. The number of carbonyl (C=O) groups is 1. The minimum atomic E-state index is -0.0492. The fraction of sp³-hybridized carbons (Fsp3) is 0.294. The zero-order chi connectivity index (χ0) is 16.6. The van der Waals surface area contributed by atoms with E-state index in [0.29, 0.717) is 22.9 Å². The smallest absolute Gasteiger partial charge is 0.188 e. The lowest BCUT2D eigenvalue weighted by Gasteiger charge is -2.26. The molecule has 3 rings (SSSR count). The number of ketones is 1. The molecule has 2 heterocycles. The van der Waals surface area contributed by atoms with Crippen LogP contribution in [0.15, 0.2) is 36.4 Å². The summed E-state index contributed by atoms with van der Waals surface area (Å²) in [6, 6.07) is 12.1. The van der Waals surface area contributed by atoms with Gasteiger partial charge < -0.3 is 4.90 Å². The Morgan fingerprint density at radius 3 is 2.57 bits per heavy atom. The minimum Gasteiger partial charge on any atom is -0.351 e. The molecule has 0 aliphatic heterocycles. The molecule has 3 aromatic rings. The van der Waals surface area contributed by atoms with Gasteiger partial charge in [0, 0.05) is 7.05 Å². The SMILES string of the molecule is CC(=O)c1cc(N(C)[C@@H](C)c2ccccc2)nn2c(C)nnc12. The molecule has 6 nitrogen and oxygen atoms in total. The Hall–Kier alpha value is -2.76. The number of hydrogen-bond donors (Lipinski definition) is 0. The molecule has 0 spiro atoms. The summed E-state index contributed by atoms with van der Waals surface area (Å²) in [5.41, 5.74) is 2.21. The van der Waals surface area contributed by atoms with Crippen LogP contribution in [0, 0.1) is 6.92 Å². The van der Waals surface area contributed by atoms with Gasteiger partial charge in [0.2, 0.25) is 0 Å². The second-order valence-corrected chi connectivity index (χ2v) is 5.65. The van der Waals surface area contributed by atoms with Crippen molar-refractivity contribution < 1.29 is 4.79 Å². The summed E-state index contributed by atoms with van der Waals surface area (Å²) in [5.74, 6) is 1.32. The zero-order valence-electron chi connectivity index (χ0n) is 13.7. The molecular weight excluding hydrogens is 290 g/mol. The second-order valence-electron chi connectivity index (χ2n) is 5.65. The molecule has 6 heteroatoms. The number of rotatable bonds is 4. The van der Waals surface area contributed by atoms with Crippen molar-refractivity contribution in [2.24, 2.45) is 0 Å². The van der Waals surface area contributed by atoms with Crippen LogP contribution in [0.3, 0.4) is 0 Å². The van der Waals surface area contributed by atoms with Gasteiger partial charge in [-0.3, -0.25) is 4.79 Å². The van der Waals surface area contributed by atoms with E-state index in [1.165, 1.54) is 12.5 Å². The molecular formula is C17H19N5O. The summed E-state index contributed by atoms with van der Waals surface area (Å²) in [5, 5.41) is 12.7. The first-order chi connectivity index (χ1) is 11.0. The van der Waals surface area contributed by atoms with E-state index in [-0.39, 0.29) is 11.8 Å². The van der Waals surface area contributed by atoms with Gasteiger partial charge in [-0.05, 0) is 32.4 Å². The van der Waals surface area contributed by atoms with Crippen LogP contribution in [0.4, 0.5) is 5.82 Å². The number of nitrogens with zero attached hydrogens (tertiary/aromatic N) is 5. The maximum absolute atomic E-state index is 12.0. The first kappa shape index (κ1) is 15.1. The van der Waals surface area contributed by atoms with Crippen molar-refractivity contribution in [2.45, 2.75) is 26.8 Å². The first-order valence-corrected chi connectivity index (χ1v) is 7.51. The summed E-state index contributed by atoms with van der Waals surface area (Å²) in [4.78, 5) is 14.0. The van der Waals surface area contributed by atoms with Crippen molar-refractivity contribution in [3.05, 3.63) is 53.3 Å². The standard InChI is InChI=1S/C17H19N5O/c1-11(14-8-6-5-7-9-14)21(4)16-10-15(12(2)23)17-19-18-13(3)22(17)20-16/h5-11H,1-4H3/t11-/m0/s1. The summed E-state index contributed by atoms with van der Waals surface area (Å²) in [6.45, 7) is 5.46. The van der Waals surface area contributed by atoms with E-state index in [9.17, 15) is 4.79 Å². The Kier molecular flexibility index (Phi) is 3.82. The molecule has 0 unspecified atom stereocenters. The zero-order valence-corrected chi connectivity index (χ0v) is 13.7. The van der Waals surface area contributed by atoms with Gasteiger partial charge in [0.1, 0.15) is 0 Å². The molecule has 1 aromatic carbocycles. The monoisotopic (exact) mass is 309 g/mol. The number of Topliss-reactive ketones (excluding diaryl/α,β-unsaturated/α-hetero) is 1. The van der Waals surface area contributed by atoms with Gasteiger partial charge in [-0.15, -0.1) is 15.3 Å². The molecule has 0 bridgehead atoms. The topological polar surface area (TPSA) is 63.4 Å². The van der Waals surface area contributed by atoms with Crippen LogP contribution in [0.2, 0.25) is 0 Å². The van der Waals surface area contributed by atoms with Crippen molar-refractivity contribution >= 4 is 17.2 Å². The molecule has 23 heavy (non-hydrogen) atoms. The molecule has 0 aliphatic carbocycles. The van der Waals surface area contributed by atoms with E-state index in [2.05, 4.69) is 34.4 Å². The van der Waals surface area contributed by atoms with Crippen LogP contribution in [-0.4, -0.2) is 32.6 Å². The number of fused-ring (bicyclic) bond motifs is 1. The predicted molar refractivity (Wildman–Crippen MR) is 88.8 cm³/mol. The van der Waals surface area contributed by atoms with Crippen molar-refractivity contribution in [1.29, 1.82) is 0 Å². The Morgan fingerprint density at radius 2 is 1.91 bits per heavy atom. The fourth-order valence-electron chi connectivity index (χ4n) is 2.56. The highest BCUT2D eigenvalue weighted by molar-refractivity contribution is 6.00. The first-order valence-electron chi connectivity index (χ1n) is 7.51. The van der Waals surface area contributed by atoms with Crippen molar-refractivity contribution in [3.63, 3.8) is 0 Å². The third-order valence-corrected chi connectivity index (χ3v) is 4.12. The lowest BCUT2D eigenvalue weighted by molar-refractivity contribution is 0.101. The second kappa shape index (κ2) is 5.79. The average molecular weight is 309 g/mol. The molecule has 2 aromatic heterocycles. The summed E-state index contributed by atoms with van der Waals surface area (Å²) in [6.07, 6.45) is 0. The maximum Gasteiger partial charge on any atom is 0.188 e. The Labute approximate surface area is 134 Å². The van der Waals surface area contributed by atoms with Crippen molar-refractivity contribution in [2.75, 3.05) is 11.9 Å². The van der Waals surface area contributed by atoms with E-state index in [1.807, 2.05) is 37.1 Å². The third kappa shape index (κ3) is 2.67. The van der Waals surface area contributed by atoms with Gasteiger partial charge in [-0.2, -0.15) is 4.52 Å². The molecule has 0 N–H and O–H groups in total. The van der Waals surface area contributed by atoms with Gasteiger partial charge >= 0.3 is 0 Å². The summed E-state index contributed by atoms with van der Waals surface area (Å²) < 4.78 is 1.63. The number of benzene rings is 1. The van der Waals surface area contributed by atoms with Crippen LogP contribution in [0.1, 0.15) is 41.6 Å². The quantitative estimate of drug-likeness (QED) is 0.693. The van der Waals surface area contributed by atoms with Crippen LogP contribution in [0.5, 0.6) is 0 Å². The van der Waals surface area contributed by atoms with Crippen molar-refractivity contribution in [1.82, 2.24) is 19.8 Å². The van der Waals surface area contributed by atoms with E-state index in [1.54, 1.807) is 10.6 Å². The van der Waals surface area contributed by atoms with Crippen LogP contribution >= 0.6 is 0 Å². The highest BCUT2D eigenvalue weighted by atomic mass is 16.1. The molecule has 0 fully saturated rings. The van der Waals surface area contributed by atoms with Gasteiger partial charge in [0.25, 0.3) is 0 Å². The summed E-state index contributed by atoms with van der Waals surface area (Å²) >= 11 is 0. The Morgan fingerprint density at radius 1 is 1.22 bits per heavy atom. The van der Waals surface area contributed by atoms with E-state index < -0.39 is 0 Å². The van der Waals surface area contributed by atoms with Crippen LogP contribution in [0.25, 0.3) is 5.65 Å². The molecule has 0 saturated heterocycles. The number of hydrogen-bond acceptors (Lipinski definition) is 5. The fourth-order valence-corrected chi connectivity index (χ4v) is 2.56. The van der Waals surface area contributed by atoms with Gasteiger partial charge in [0.15, 0.2) is 23.1 Å². The summed E-state index contributed by atoms with van der Waals surface area (Å²) in [7, 11) is 1.97. The lowest BCUT2D eigenvalue weighted by Crippen LogP contribution is -2.24. The van der Waals surface area contributed by atoms with E-state index >= 15 is 0 Å². The molecule has 0 saturated carbocycles. The number of aromatic nitrogens is 4. The van der Waals surface area contributed by atoms with Crippen LogP contribution < -0.4 is 4.90 Å². The van der Waals surface area contributed by atoms with Crippen molar-refractivity contribution in [3.8, 4) is 0 Å². The predicted octanol–water partition coefficient (Wildman–Crippen LogP) is 2.83. The van der Waals surface area contributed by atoms with Gasteiger partial charge in [0.05, 0.1) is 11.6 Å². The van der Waals surface area contributed by atoms with E-state index in [0.717, 1.165) is 0 Å². The minimum absolute atomic E-state index is 0.0492. The van der Waals surface area contributed by atoms with Crippen LogP contribution in [-0.2, 0) is 0 Å². The number of aryl methyl sites for hydroxylation is 1. The maximum atomic E-state index is 12.0. The molecule has 1 atom stereocenters.